The lowest BCUT2D eigenvalue weighted by molar-refractivity contribution is -0.115. The number of carbonyl (C=O) groups excluding carboxylic acids is 1. The second-order valence-corrected chi connectivity index (χ2v) is 5.92. The van der Waals surface area contributed by atoms with Crippen LogP contribution in [-0.4, -0.2) is 27.3 Å². The summed E-state index contributed by atoms with van der Waals surface area (Å²) in [5.74, 6) is 0.651. The number of benzene rings is 1. The second-order valence-electron chi connectivity index (χ2n) is 4.75. The third kappa shape index (κ3) is 4.04. The molecule has 1 atom stereocenters. The van der Waals surface area contributed by atoms with Gasteiger partial charge in [-0.3, -0.25) is 4.79 Å². The number of hydrogen-bond acceptors (Lipinski definition) is 4. The van der Waals surface area contributed by atoms with E-state index in [0.29, 0.717) is 18.0 Å². The fraction of sp³-hybridized carbons (Fsp3) is 0.375. The average molecular weight is 319 g/mol. The Morgan fingerprint density at radius 2 is 2.18 bits per heavy atom. The predicted molar refractivity (Wildman–Crippen MR) is 89.4 cm³/mol. The summed E-state index contributed by atoms with van der Waals surface area (Å²) in [4.78, 5) is 16.8. The molecule has 0 aliphatic carbocycles. The number of amides is 1. The molecule has 0 aliphatic rings. The maximum Gasteiger partial charge on any atom is 0.238 e. The molecule has 2 rings (SSSR count). The summed E-state index contributed by atoms with van der Waals surface area (Å²) in [7, 11) is 1.92. The highest BCUT2D eigenvalue weighted by atomic mass is 32.2. The van der Waals surface area contributed by atoms with Gasteiger partial charge in [-0.2, -0.15) is 0 Å². The molecule has 6 heteroatoms. The van der Waals surface area contributed by atoms with Crippen LogP contribution in [0.1, 0.15) is 20.3 Å². The summed E-state index contributed by atoms with van der Waals surface area (Å²) in [5.41, 5.74) is 0.702. The first kappa shape index (κ1) is 16.4. The molecule has 0 fully saturated rings. The zero-order chi connectivity index (χ0) is 15.9. The molecule has 0 bridgehead atoms. The molecule has 1 heterocycles. The number of carbonyl (C=O) groups is 1. The summed E-state index contributed by atoms with van der Waals surface area (Å²) in [6.45, 7) is 4.48. The lowest BCUT2D eigenvalue weighted by atomic mass is 10.2. The molecule has 118 valence electrons. The first-order chi connectivity index (χ1) is 10.7. The van der Waals surface area contributed by atoms with Crippen LogP contribution in [-0.2, 0) is 11.8 Å². The van der Waals surface area contributed by atoms with Crippen molar-refractivity contribution in [3.05, 3.63) is 36.7 Å². The van der Waals surface area contributed by atoms with E-state index in [2.05, 4.69) is 10.3 Å². The zero-order valence-corrected chi connectivity index (χ0v) is 13.9. The van der Waals surface area contributed by atoms with Gasteiger partial charge in [0.05, 0.1) is 17.5 Å². The molecule has 5 nitrogen and oxygen atoms in total. The van der Waals surface area contributed by atoms with Crippen molar-refractivity contribution in [1.82, 2.24) is 9.55 Å². The number of ether oxygens (including phenoxy) is 1. The lowest BCUT2D eigenvalue weighted by Gasteiger charge is -2.16. The van der Waals surface area contributed by atoms with Gasteiger partial charge in [0.2, 0.25) is 5.91 Å². The van der Waals surface area contributed by atoms with E-state index < -0.39 is 0 Å². The van der Waals surface area contributed by atoms with Crippen molar-refractivity contribution in [2.24, 2.45) is 7.05 Å². The van der Waals surface area contributed by atoms with Crippen LogP contribution in [0.25, 0.3) is 0 Å². The summed E-state index contributed by atoms with van der Waals surface area (Å²) < 4.78 is 7.45. The fourth-order valence-electron chi connectivity index (χ4n) is 1.98. The summed E-state index contributed by atoms with van der Waals surface area (Å²) in [6.07, 6.45) is 4.33. The smallest absolute Gasteiger partial charge is 0.238 e. The number of nitrogens with zero attached hydrogens (tertiary/aromatic N) is 2. The third-order valence-electron chi connectivity index (χ3n) is 3.13. The zero-order valence-electron chi connectivity index (χ0n) is 13.1. The van der Waals surface area contributed by atoms with Gasteiger partial charge in [-0.1, -0.05) is 30.8 Å². The van der Waals surface area contributed by atoms with E-state index in [0.717, 1.165) is 11.6 Å². The van der Waals surface area contributed by atoms with Crippen LogP contribution in [0.2, 0.25) is 0 Å². The van der Waals surface area contributed by atoms with E-state index in [4.69, 9.17) is 4.74 Å². The van der Waals surface area contributed by atoms with Gasteiger partial charge in [-0.15, -0.1) is 0 Å². The van der Waals surface area contributed by atoms with Crippen LogP contribution < -0.4 is 10.1 Å². The van der Waals surface area contributed by atoms with E-state index in [-0.39, 0.29) is 11.2 Å². The van der Waals surface area contributed by atoms with E-state index in [1.54, 1.807) is 6.20 Å². The SMILES string of the molecule is CCOc1ccccc1NC(=O)C(CC)Sc1nccn1C. The van der Waals surface area contributed by atoms with Crippen molar-refractivity contribution < 1.29 is 9.53 Å². The first-order valence-electron chi connectivity index (χ1n) is 7.32. The predicted octanol–water partition coefficient (Wildman–Crippen LogP) is 3.33. The van der Waals surface area contributed by atoms with E-state index in [1.165, 1.54) is 11.8 Å². The number of thioether (sulfide) groups is 1. The lowest BCUT2D eigenvalue weighted by Crippen LogP contribution is -2.25. The molecular formula is C16H21N3O2S. The second kappa shape index (κ2) is 7.89. The molecule has 1 aromatic carbocycles. The number of nitrogens with one attached hydrogen (secondary N) is 1. The number of aryl methyl sites for hydroxylation is 1. The van der Waals surface area contributed by atoms with Gasteiger partial charge in [0.15, 0.2) is 5.16 Å². The normalized spacial score (nSPS) is 12.0. The number of anilines is 1. The molecule has 0 aliphatic heterocycles. The van der Waals surface area contributed by atoms with Crippen LogP contribution in [0.15, 0.2) is 41.8 Å². The molecule has 0 saturated carbocycles. The van der Waals surface area contributed by atoms with Gasteiger partial charge in [-0.25, -0.2) is 4.98 Å². The van der Waals surface area contributed by atoms with Gasteiger partial charge >= 0.3 is 0 Å². The first-order valence-corrected chi connectivity index (χ1v) is 8.20. The van der Waals surface area contributed by atoms with Crippen molar-refractivity contribution in [3.63, 3.8) is 0 Å². The number of para-hydroxylation sites is 2. The largest absolute Gasteiger partial charge is 0.492 e. The number of aromatic nitrogens is 2. The Bertz CT molecular complexity index is 627. The Kier molecular flexibility index (Phi) is 5.89. The van der Waals surface area contributed by atoms with Crippen LogP contribution in [0.4, 0.5) is 5.69 Å². The minimum atomic E-state index is -0.198. The minimum Gasteiger partial charge on any atom is -0.492 e. The topological polar surface area (TPSA) is 56.1 Å². The molecule has 1 N–H and O–H groups in total. The Hall–Kier alpha value is -1.95. The highest BCUT2D eigenvalue weighted by molar-refractivity contribution is 8.00. The van der Waals surface area contributed by atoms with Crippen molar-refractivity contribution in [1.29, 1.82) is 0 Å². The van der Waals surface area contributed by atoms with Gasteiger partial charge in [0.1, 0.15) is 5.75 Å². The molecule has 2 aromatic rings. The fourth-order valence-corrected chi connectivity index (χ4v) is 2.92. The van der Waals surface area contributed by atoms with Crippen molar-refractivity contribution >= 4 is 23.4 Å². The highest BCUT2D eigenvalue weighted by Gasteiger charge is 2.21. The quantitative estimate of drug-likeness (QED) is 0.795. The van der Waals surface area contributed by atoms with Crippen LogP contribution in [0.3, 0.4) is 0 Å². The standard InChI is InChI=1S/C16H21N3O2S/c1-4-14(22-16-17-10-11-19(16)3)15(20)18-12-8-6-7-9-13(12)21-5-2/h6-11,14H,4-5H2,1-3H3,(H,18,20). The van der Waals surface area contributed by atoms with Crippen LogP contribution in [0, 0.1) is 0 Å². The maximum absolute atomic E-state index is 12.5. The Labute approximate surface area is 135 Å². The molecular weight excluding hydrogens is 298 g/mol. The summed E-state index contributed by atoms with van der Waals surface area (Å²) in [5, 5.41) is 3.59. The van der Waals surface area contributed by atoms with E-state index in [9.17, 15) is 4.79 Å². The van der Waals surface area contributed by atoms with Crippen molar-refractivity contribution in [2.45, 2.75) is 30.7 Å². The number of hydrogen-bond donors (Lipinski definition) is 1. The van der Waals surface area contributed by atoms with Crippen molar-refractivity contribution in [3.8, 4) is 5.75 Å². The maximum atomic E-state index is 12.5. The van der Waals surface area contributed by atoms with E-state index >= 15 is 0 Å². The highest BCUT2D eigenvalue weighted by Crippen LogP contribution is 2.28. The van der Waals surface area contributed by atoms with Gasteiger partial charge in [0.25, 0.3) is 0 Å². The monoisotopic (exact) mass is 319 g/mol. The van der Waals surface area contributed by atoms with Gasteiger partial charge in [0, 0.05) is 19.4 Å². The van der Waals surface area contributed by atoms with Crippen LogP contribution in [0.5, 0.6) is 5.75 Å². The van der Waals surface area contributed by atoms with E-state index in [1.807, 2.05) is 55.9 Å². The van der Waals surface area contributed by atoms with Crippen molar-refractivity contribution in [2.75, 3.05) is 11.9 Å². The molecule has 1 unspecified atom stereocenters. The Morgan fingerprint density at radius 3 is 2.82 bits per heavy atom. The number of rotatable bonds is 7. The molecule has 0 radical (unpaired) electrons. The molecule has 22 heavy (non-hydrogen) atoms. The summed E-state index contributed by atoms with van der Waals surface area (Å²) in [6, 6.07) is 7.47. The van der Waals surface area contributed by atoms with Crippen LogP contribution >= 0.6 is 11.8 Å². The Morgan fingerprint density at radius 1 is 1.41 bits per heavy atom. The van der Waals surface area contributed by atoms with Gasteiger partial charge in [-0.05, 0) is 25.5 Å². The minimum absolute atomic E-state index is 0.0392. The summed E-state index contributed by atoms with van der Waals surface area (Å²) >= 11 is 1.47. The molecule has 1 amide bonds. The molecule has 0 saturated heterocycles. The Balaban J connectivity index is 2.08. The number of imidazole rings is 1. The third-order valence-corrected chi connectivity index (χ3v) is 4.57. The average Bonchev–Trinajstić information content (AvgIpc) is 2.92. The molecule has 1 aromatic heterocycles. The van der Waals surface area contributed by atoms with Gasteiger partial charge < -0.3 is 14.6 Å². The molecule has 0 spiro atoms.